The normalized spacial score (nSPS) is 14.2. The third kappa shape index (κ3) is 4.10. The van der Waals surface area contributed by atoms with Gasteiger partial charge in [0, 0.05) is 31.4 Å². The zero-order chi connectivity index (χ0) is 17.6. The second kappa shape index (κ2) is 7.71. The van der Waals surface area contributed by atoms with E-state index in [1.54, 1.807) is 30.5 Å². The van der Waals surface area contributed by atoms with Gasteiger partial charge in [-0.1, -0.05) is 6.07 Å². The number of benzene rings is 1. The Morgan fingerprint density at radius 2 is 2.08 bits per heavy atom. The first kappa shape index (κ1) is 16.8. The molecule has 25 heavy (non-hydrogen) atoms. The van der Waals surface area contributed by atoms with Gasteiger partial charge in [0.1, 0.15) is 6.61 Å². The number of non-ortho nitro benzene ring substituents is 1. The van der Waals surface area contributed by atoms with Crippen molar-refractivity contribution in [3.05, 3.63) is 64.0 Å². The summed E-state index contributed by atoms with van der Waals surface area (Å²) in [6.45, 7) is 2.31. The van der Waals surface area contributed by atoms with E-state index in [-0.39, 0.29) is 17.9 Å². The number of hydrogen-bond donors (Lipinski definition) is 0. The topological polar surface area (TPSA) is 94.8 Å². The second-order valence-corrected chi connectivity index (χ2v) is 5.46. The van der Waals surface area contributed by atoms with Crippen molar-refractivity contribution in [3.63, 3.8) is 0 Å². The minimum absolute atomic E-state index is 0.00488. The Morgan fingerprint density at radius 1 is 1.28 bits per heavy atom. The quantitative estimate of drug-likeness (QED) is 0.466. The molecule has 1 aliphatic rings. The van der Waals surface area contributed by atoms with Gasteiger partial charge in [0.25, 0.3) is 5.69 Å². The van der Waals surface area contributed by atoms with Crippen LogP contribution in [0.15, 0.2) is 42.6 Å². The van der Waals surface area contributed by atoms with E-state index in [1.807, 2.05) is 4.90 Å². The van der Waals surface area contributed by atoms with Gasteiger partial charge in [-0.2, -0.15) is 0 Å². The lowest BCUT2D eigenvalue weighted by Gasteiger charge is -2.30. The maximum Gasteiger partial charge on any atom is 0.340 e. The largest absolute Gasteiger partial charge is 0.456 e. The summed E-state index contributed by atoms with van der Waals surface area (Å²) in [6, 6.07) is 9.53. The third-order valence-corrected chi connectivity index (χ3v) is 3.84. The molecule has 1 aliphatic heterocycles. The van der Waals surface area contributed by atoms with Crippen LogP contribution in [0.5, 0.6) is 0 Å². The number of rotatable bonds is 5. The summed E-state index contributed by atoms with van der Waals surface area (Å²) in [7, 11) is 0. The molecule has 0 atom stereocenters. The Kier molecular flexibility index (Phi) is 5.20. The molecule has 1 fully saturated rings. The lowest BCUT2D eigenvalue weighted by Crippen LogP contribution is -2.37. The zero-order valence-electron chi connectivity index (χ0n) is 13.5. The van der Waals surface area contributed by atoms with Gasteiger partial charge in [-0.3, -0.25) is 15.1 Å². The van der Waals surface area contributed by atoms with Crippen LogP contribution in [0.3, 0.4) is 0 Å². The number of nitrogens with zero attached hydrogens (tertiary/aromatic N) is 3. The smallest absolute Gasteiger partial charge is 0.340 e. The summed E-state index contributed by atoms with van der Waals surface area (Å²) in [5, 5.41) is 11.1. The van der Waals surface area contributed by atoms with Gasteiger partial charge < -0.3 is 14.4 Å². The first-order chi connectivity index (χ1) is 12.1. The van der Waals surface area contributed by atoms with E-state index in [0.29, 0.717) is 37.7 Å². The Bertz CT molecular complexity index is 760. The Balaban J connectivity index is 1.84. The van der Waals surface area contributed by atoms with Gasteiger partial charge in [-0.25, -0.2) is 4.79 Å². The van der Waals surface area contributed by atoms with E-state index >= 15 is 0 Å². The highest BCUT2D eigenvalue weighted by Gasteiger charge is 2.23. The van der Waals surface area contributed by atoms with E-state index < -0.39 is 10.9 Å². The van der Waals surface area contributed by atoms with Crippen LogP contribution in [-0.4, -0.2) is 42.2 Å². The summed E-state index contributed by atoms with van der Waals surface area (Å²) in [4.78, 5) is 29.1. The number of nitro benzene ring substituents is 1. The number of pyridine rings is 1. The van der Waals surface area contributed by atoms with Crippen LogP contribution < -0.4 is 4.90 Å². The van der Waals surface area contributed by atoms with Crippen molar-refractivity contribution in [2.45, 2.75) is 6.61 Å². The number of ether oxygens (including phenoxy) is 2. The monoisotopic (exact) mass is 343 g/mol. The molecule has 1 saturated heterocycles. The number of esters is 1. The van der Waals surface area contributed by atoms with Crippen LogP contribution in [0.25, 0.3) is 0 Å². The van der Waals surface area contributed by atoms with Crippen LogP contribution >= 0.6 is 0 Å². The molecule has 1 aromatic carbocycles. The summed E-state index contributed by atoms with van der Waals surface area (Å²) < 4.78 is 10.6. The molecule has 3 rings (SSSR count). The minimum Gasteiger partial charge on any atom is -0.456 e. The van der Waals surface area contributed by atoms with Gasteiger partial charge in [0.2, 0.25) is 0 Å². The molecule has 0 N–H and O–H groups in total. The zero-order valence-corrected chi connectivity index (χ0v) is 13.5. The van der Waals surface area contributed by atoms with Crippen LogP contribution in [0.4, 0.5) is 11.4 Å². The highest BCUT2D eigenvalue weighted by molar-refractivity contribution is 5.96. The standard InChI is InChI=1S/C17H17N3O5/c21-17(25-12-13-3-1-2-6-18-13)15-11-14(20(22)23)4-5-16(15)19-7-9-24-10-8-19/h1-6,11H,7-10,12H2. The molecule has 0 aliphatic carbocycles. The molecule has 0 bridgehead atoms. The number of anilines is 1. The predicted molar refractivity (Wildman–Crippen MR) is 89.5 cm³/mol. The average Bonchev–Trinajstić information content (AvgIpc) is 2.67. The van der Waals surface area contributed by atoms with Gasteiger partial charge in [0.15, 0.2) is 0 Å². The number of aromatic nitrogens is 1. The van der Waals surface area contributed by atoms with Gasteiger partial charge >= 0.3 is 5.97 Å². The lowest BCUT2D eigenvalue weighted by molar-refractivity contribution is -0.384. The summed E-state index contributed by atoms with van der Waals surface area (Å²) in [6.07, 6.45) is 1.61. The molecule has 1 aromatic heterocycles. The molecule has 130 valence electrons. The molecule has 0 saturated carbocycles. The van der Waals surface area contributed by atoms with E-state index in [9.17, 15) is 14.9 Å². The number of hydrogen-bond acceptors (Lipinski definition) is 7. The van der Waals surface area contributed by atoms with Crippen molar-refractivity contribution < 1.29 is 19.2 Å². The lowest BCUT2D eigenvalue weighted by atomic mass is 10.1. The second-order valence-electron chi connectivity index (χ2n) is 5.46. The molecule has 0 unspecified atom stereocenters. The molecular formula is C17H17N3O5. The molecule has 0 spiro atoms. The molecule has 8 heteroatoms. The fourth-order valence-electron chi connectivity index (χ4n) is 2.58. The van der Waals surface area contributed by atoms with Gasteiger partial charge in [-0.05, 0) is 18.2 Å². The van der Waals surface area contributed by atoms with E-state index in [4.69, 9.17) is 9.47 Å². The van der Waals surface area contributed by atoms with Crippen molar-refractivity contribution in [2.75, 3.05) is 31.2 Å². The first-order valence-corrected chi connectivity index (χ1v) is 7.83. The average molecular weight is 343 g/mol. The molecule has 2 aromatic rings. The maximum atomic E-state index is 12.5. The minimum atomic E-state index is -0.615. The maximum absolute atomic E-state index is 12.5. The van der Waals surface area contributed by atoms with Crippen molar-refractivity contribution in [1.29, 1.82) is 0 Å². The fraction of sp³-hybridized carbons (Fsp3) is 0.294. The van der Waals surface area contributed by atoms with Crippen LogP contribution in [0, 0.1) is 10.1 Å². The highest BCUT2D eigenvalue weighted by atomic mass is 16.6. The van der Waals surface area contributed by atoms with Crippen LogP contribution in [0.1, 0.15) is 16.1 Å². The van der Waals surface area contributed by atoms with Crippen LogP contribution in [0.2, 0.25) is 0 Å². The van der Waals surface area contributed by atoms with Crippen molar-refractivity contribution in [1.82, 2.24) is 4.98 Å². The van der Waals surface area contributed by atoms with Crippen molar-refractivity contribution in [3.8, 4) is 0 Å². The van der Waals surface area contributed by atoms with Crippen LogP contribution in [-0.2, 0) is 16.1 Å². The van der Waals surface area contributed by atoms with E-state index in [2.05, 4.69) is 4.98 Å². The fourth-order valence-corrected chi connectivity index (χ4v) is 2.58. The Morgan fingerprint density at radius 3 is 2.76 bits per heavy atom. The SMILES string of the molecule is O=C(OCc1ccccn1)c1cc([N+](=O)[O-])ccc1N1CCOCC1. The Hall–Kier alpha value is -3.00. The summed E-state index contributed by atoms with van der Waals surface area (Å²) in [5.74, 6) is -0.615. The van der Waals surface area contributed by atoms with E-state index in [0.717, 1.165) is 0 Å². The van der Waals surface area contributed by atoms with Crippen molar-refractivity contribution in [2.24, 2.45) is 0 Å². The molecule has 2 heterocycles. The Labute approximate surface area is 144 Å². The third-order valence-electron chi connectivity index (χ3n) is 3.84. The predicted octanol–water partition coefficient (Wildman–Crippen LogP) is 2.18. The molecule has 0 radical (unpaired) electrons. The van der Waals surface area contributed by atoms with Gasteiger partial charge in [0.05, 0.1) is 35.1 Å². The summed E-state index contributed by atoms with van der Waals surface area (Å²) in [5.41, 5.74) is 1.24. The number of nitro groups is 1. The molecular weight excluding hydrogens is 326 g/mol. The molecule has 0 amide bonds. The molecule has 8 nitrogen and oxygen atoms in total. The first-order valence-electron chi connectivity index (χ1n) is 7.83. The highest BCUT2D eigenvalue weighted by Crippen LogP contribution is 2.27. The van der Waals surface area contributed by atoms with Gasteiger partial charge in [-0.15, -0.1) is 0 Å². The summed E-state index contributed by atoms with van der Waals surface area (Å²) >= 11 is 0. The number of morpholine rings is 1. The number of carbonyl (C=O) groups is 1. The number of carbonyl (C=O) groups excluding carboxylic acids is 1. The van der Waals surface area contributed by atoms with E-state index in [1.165, 1.54) is 12.1 Å². The van der Waals surface area contributed by atoms with Crippen molar-refractivity contribution >= 4 is 17.3 Å².